The van der Waals surface area contributed by atoms with Gasteiger partial charge < -0.3 is 5.32 Å². The van der Waals surface area contributed by atoms with Gasteiger partial charge in [-0.3, -0.25) is 9.59 Å². The standard InChI is InChI=1S/C19H19F2N5O2/c1-25-18(27)6-5-16(24-25)19(28)23-15-3-2-4-17-14(15)10-22-26(17)13-8-11(20)7-12(21)9-13/h7-10,15H,2-6H2,1H3,(H,23,28)/t15-/m0/s1. The van der Waals surface area contributed by atoms with Crippen LogP contribution in [-0.2, 0) is 16.0 Å². The summed E-state index contributed by atoms with van der Waals surface area (Å²) in [6, 6.07) is 2.99. The SMILES string of the molecule is CN1N=C(C(=O)N[C@H]2CCCc3c2cnn3-c2cc(F)cc(F)c2)CCC1=O. The maximum absolute atomic E-state index is 13.6. The molecule has 9 heteroatoms. The number of hydrogen-bond acceptors (Lipinski definition) is 4. The third-order valence-corrected chi connectivity index (χ3v) is 5.05. The lowest BCUT2D eigenvalue weighted by Gasteiger charge is -2.25. The first kappa shape index (κ1) is 18.3. The van der Waals surface area contributed by atoms with Crippen LogP contribution in [0.15, 0.2) is 29.5 Å². The highest BCUT2D eigenvalue weighted by Crippen LogP contribution is 2.31. The minimum absolute atomic E-state index is 0.125. The van der Waals surface area contributed by atoms with Crippen LogP contribution >= 0.6 is 0 Å². The lowest BCUT2D eigenvalue weighted by Crippen LogP contribution is -2.40. The van der Waals surface area contributed by atoms with Gasteiger partial charge in [0, 0.05) is 37.2 Å². The van der Waals surface area contributed by atoms with Crippen molar-refractivity contribution < 1.29 is 18.4 Å². The van der Waals surface area contributed by atoms with Gasteiger partial charge in [0.2, 0.25) is 5.91 Å². The number of amides is 2. The first-order valence-corrected chi connectivity index (χ1v) is 9.10. The third-order valence-electron chi connectivity index (χ3n) is 5.05. The minimum Gasteiger partial charge on any atom is -0.344 e. The molecule has 7 nitrogen and oxygen atoms in total. The second kappa shape index (κ2) is 7.14. The number of hydrogen-bond donors (Lipinski definition) is 1. The largest absolute Gasteiger partial charge is 0.344 e. The van der Waals surface area contributed by atoms with Crippen LogP contribution in [0, 0.1) is 11.6 Å². The van der Waals surface area contributed by atoms with E-state index in [9.17, 15) is 18.4 Å². The Bertz CT molecular complexity index is 964. The molecule has 0 unspecified atom stereocenters. The summed E-state index contributed by atoms with van der Waals surface area (Å²) < 4.78 is 28.7. The van der Waals surface area contributed by atoms with E-state index in [0.29, 0.717) is 24.2 Å². The van der Waals surface area contributed by atoms with Crippen LogP contribution in [0.1, 0.15) is 43.0 Å². The molecule has 0 spiro atoms. The number of hydrazone groups is 1. The quantitative estimate of drug-likeness (QED) is 0.877. The van der Waals surface area contributed by atoms with E-state index in [4.69, 9.17) is 0 Å². The fourth-order valence-corrected chi connectivity index (χ4v) is 3.67. The number of nitrogens with zero attached hydrogens (tertiary/aromatic N) is 4. The molecule has 1 aromatic heterocycles. The maximum atomic E-state index is 13.6. The van der Waals surface area contributed by atoms with Crippen LogP contribution in [-0.4, -0.2) is 39.4 Å². The second-order valence-corrected chi connectivity index (χ2v) is 6.97. The molecule has 28 heavy (non-hydrogen) atoms. The van der Waals surface area contributed by atoms with E-state index in [-0.39, 0.29) is 24.3 Å². The molecule has 1 N–H and O–H groups in total. The summed E-state index contributed by atoms with van der Waals surface area (Å²) in [5.41, 5.74) is 2.26. The average molecular weight is 387 g/mol. The van der Waals surface area contributed by atoms with Crippen molar-refractivity contribution in [3.05, 3.63) is 47.3 Å². The summed E-state index contributed by atoms with van der Waals surface area (Å²) in [5.74, 6) is -1.79. The van der Waals surface area contributed by atoms with E-state index in [1.54, 1.807) is 6.20 Å². The zero-order chi connectivity index (χ0) is 19.8. The van der Waals surface area contributed by atoms with Crippen molar-refractivity contribution in [2.45, 2.75) is 38.1 Å². The number of aromatic nitrogens is 2. The fourth-order valence-electron chi connectivity index (χ4n) is 3.67. The predicted octanol–water partition coefficient (Wildman–Crippen LogP) is 2.25. The number of carbonyl (C=O) groups excluding carboxylic acids is 2. The van der Waals surface area contributed by atoms with Gasteiger partial charge in [-0.25, -0.2) is 18.5 Å². The number of fused-ring (bicyclic) bond motifs is 1. The van der Waals surface area contributed by atoms with Crippen molar-refractivity contribution >= 4 is 17.5 Å². The smallest absolute Gasteiger partial charge is 0.267 e. The molecule has 2 aliphatic rings. The van der Waals surface area contributed by atoms with E-state index in [1.807, 2.05) is 0 Å². The summed E-state index contributed by atoms with van der Waals surface area (Å²) in [7, 11) is 1.52. The molecular weight excluding hydrogens is 368 g/mol. The van der Waals surface area contributed by atoms with Crippen molar-refractivity contribution in [1.82, 2.24) is 20.1 Å². The molecule has 1 atom stereocenters. The normalized spacial score (nSPS) is 19.2. The molecule has 1 aromatic carbocycles. The zero-order valence-electron chi connectivity index (χ0n) is 15.3. The molecule has 2 amide bonds. The summed E-state index contributed by atoms with van der Waals surface area (Å²) in [5, 5.41) is 12.5. The van der Waals surface area contributed by atoms with Crippen molar-refractivity contribution in [3.63, 3.8) is 0 Å². The Morgan fingerprint density at radius 1 is 1.18 bits per heavy atom. The maximum Gasteiger partial charge on any atom is 0.267 e. The Morgan fingerprint density at radius 2 is 1.93 bits per heavy atom. The van der Waals surface area contributed by atoms with Crippen LogP contribution in [0.4, 0.5) is 8.78 Å². The van der Waals surface area contributed by atoms with Gasteiger partial charge in [0.1, 0.15) is 17.3 Å². The third kappa shape index (κ3) is 3.39. The average Bonchev–Trinajstić information content (AvgIpc) is 3.08. The Kier molecular flexibility index (Phi) is 4.66. The minimum atomic E-state index is -0.672. The first-order valence-electron chi connectivity index (χ1n) is 9.10. The topological polar surface area (TPSA) is 79.6 Å². The number of carbonyl (C=O) groups is 2. The van der Waals surface area contributed by atoms with Crippen molar-refractivity contribution in [2.24, 2.45) is 5.10 Å². The van der Waals surface area contributed by atoms with Gasteiger partial charge in [-0.15, -0.1) is 0 Å². The number of nitrogens with one attached hydrogen (secondary N) is 1. The highest BCUT2D eigenvalue weighted by molar-refractivity contribution is 6.39. The van der Waals surface area contributed by atoms with Gasteiger partial charge in [-0.1, -0.05) is 0 Å². The van der Waals surface area contributed by atoms with E-state index in [0.717, 1.165) is 30.2 Å². The molecule has 0 bridgehead atoms. The molecule has 1 aliphatic heterocycles. The van der Waals surface area contributed by atoms with Gasteiger partial charge in [-0.2, -0.15) is 10.2 Å². The highest BCUT2D eigenvalue weighted by atomic mass is 19.1. The molecule has 146 valence electrons. The highest BCUT2D eigenvalue weighted by Gasteiger charge is 2.29. The molecule has 0 fully saturated rings. The van der Waals surface area contributed by atoms with E-state index in [2.05, 4.69) is 15.5 Å². The van der Waals surface area contributed by atoms with Crippen molar-refractivity contribution in [3.8, 4) is 5.69 Å². The molecule has 1 aliphatic carbocycles. The predicted molar refractivity (Wildman–Crippen MR) is 96.7 cm³/mol. The van der Waals surface area contributed by atoms with Gasteiger partial charge in [-0.05, 0) is 31.4 Å². The van der Waals surface area contributed by atoms with E-state index in [1.165, 1.54) is 28.9 Å². The van der Waals surface area contributed by atoms with E-state index < -0.39 is 11.6 Å². The Labute approximate surface area is 160 Å². The Morgan fingerprint density at radius 3 is 2.64 bits per heavy atom. The zero-order valence-corrected chi connectivity index (χ0v) is 15.3. The van der Waals surface area contributed by atoms with Crippen LogP contribution in [0.5, 0.6) is 0 Å². The van der Waals surface area contributed by atoms with Crippen LogP contribution < -0.4 is 5.32 Å². The molecule has 0 radical (unpaired) electrons. The summed E-state index contributed by atoms with van der Waals surface area (Å²) in [6.07, 6.45) is 4.40. The summed E-state index contributed by atoms with van der Waals surface area (Å²) in [6.45, 7) is 0. The van der Waals surface area contributed by atoms with Crippen LogP contribution in [0.25, 0.3) is 5.69 Å². The van der Waals surface area contributed by atoms with Gasteiger partial charge in [0.15, 0.2) is 0 Å². The Balaban J connectivity index is 1.58. The van der Waals surface area contributed by atoms with Gasteiger partial charge in [0.25, 0.3) is 5.91 Å². The lowest BCUT2D eigenvalue weighted by atomic mass is 9.92. The number of rotatable bonds is 3. The van der Waals surface area contributed by atoms with Gasteiger partial charge >= 0.3 is 0 Å². The van der Waals surface area contributed by atoms with Crippen LogP contribution in [0.2, 0.25) is 0 Å². The molecule has 0 saturated heterocycles. The van der Waals surface area contributed by atoms with E-state index >= 15 is 0 Å². The fraction of sp³-hybridized carbons (Fsp3) is 0.368. The molecule has 2 aromatic rings. The molecule has 4 rings (SSSR count). The van der Waals surface area contributed by atoms with Gasteiger partial charge in [0.05, 0.1) is 17.9 Å². The first-order chi connectivity index (χ1) is 13.4. The lowest BCUT2D eigenvalue weighted by molar-refractivity contribution is -0.130. The van der Waals surface area contributed by atoms with Crippen molar-refractivity contribution in [2.75, 3.05) is 7.05 Å². The van der Waals surface area contributed by atoms with Crippen molar-refractivity contribution in [1.29, 1.82) is 0 Å². The molecular formula is C19H19F2N5O2. The number of benzene rings is 1. The summed E-state index contributed by atoms with van der Waals surface area (Å²) in [4.78, 5) is 24.1. The van der Waals surface area contributed by atoms with Crippen LogP contribution in [0.3, 0.4) is 0 Å². The number of halogens is 2. The Hall–Kier alpha value is -3.10. The monoisotopic (exact) mass is 387 g/mol. The summed E-state index contributed by atoms with van der Waals surface area (Å²) >= 11 is 0. The molecule has 2 heterocycles. The molecule has 0 saturated carbocycles. The second-order valence-electron chi connectivity index (χ2n) is 6.97.